The molecule has 2 aliphatic rings. The van der Waals surface area contributed by atoms with Gasteiger partial charge in [-0.1, -0.05) is 31.5 Å². The second-order valence-electron chi connectivity index (χ2n) is 6.98. The van der Waals surface area contributed by atoms with E-state index in [1.54, 1.807) is 0 Å². The van der Waals surface area contributed by atoms with E-state index in [-0.39, 0.29) is 10.8 Å². The van der Waals surface area contributed by atoms with Crippen molar-refractivity contribution in [2.45, 2.75) is 39.2 Å². The van der Waals surface area contributed by atoms with Gasteiger partial charge in [-0.05, 0) is 47.9 Å². The number of hydrogen-bond acceptors (Lipinski definition) is 2. The zero-order valence-electron chi connectivity index (χ0n) is 11.7. The molecule has 0 amide bonds. The summed E-state index contributed by atoms with van der Waals surface area (Å²) in [7, 11) is 0. The van der Waals surface area contributed by atoms with Crippen molar-refractivity contribution in [3.8, 4) is 0 Å². The Bertz CT molecular complexity index is 494. The molecule has 2 nitrogen and oxygen atoms in total. The van der Waals surface area contributed by atoms with Gasteiger partial charge in [0.15, 0.2) is 0 Å². The van der Waals surface area contributed by atoms with Gasteiger partial charge in [0.2, 0.25) is 0 Å². The topological polar surface area (TPSA) is 32.3 Å². The summed E-state index contributed by atoms with van der Waals surface area (Å²) < 4.78 is 0. The first kappa shape index (κ1) is 13.4. The number of hydrogen-bond donors (Lipinski definition) is 2. The van der Waals surface area contributed by atoms with Gasteiger partial charge in [-0.3, -0.25) is 0 Å². The third-order valence-electron chi connectivity index (χ3n) is 4.82. The van der Waals surface area contributed by atoms with Crippen LogP contribution in [0.25, 0.3) is 0 Å². The molecule has 0 heterocycles. The van der Waals surface area contributed by atoms with E-state index >= 15 is 0 Å². The highest BCUT2D eigenvalue weighted by atomic mass is 35.5. The summed E-state index contributed by atoms with van der Waals surface area (Å²) >= 11 is 6.14. The monoisotopic (exact) mass is 279 g/mol. The van der Waals surface area contributed by atoms with E-state index in [4.69, 9.17) is 11.6 Å². The Kier molecular flexibility index (Phi) is 3.16. The molecule has 3 heteroatoms. The third kappa shape index (κ3) is 2.42. The van der Waals surface area contributed by atoms with Crippen LogP contribution in [0.4, 0.5) is 0 Å². The Morgan fingerprint density at radius 3 is 2.74 bits per heavy atom. The standard InChI is InChI=1S/C16H22ClNO/c1-15(2)8-11-3-4-12(17)7-13(11)14(15)18-9-16(10-19)5-6-16/h3-4,7,14,18-19H,5-6,8-10H2,1-2H3. The highest BCUT2D eigenvalue weighted by molar-refractivity contribution is 6.30. The van der Waals surface area contributed by atoms with Crippen LogP contribution in [0.3, 0.4) is 0 Å². The summed E-state index contributed by atoms with van der Waals surface area (Å²) in [6, 6.07) is 6.57. The lowest BCUT2D eigenvalue weighted by Crippen LogP contribution is -2.36. The van der Waals surface area contributed by atoms with Gasteiger partial charge in [-0.15, -0.1) is 0 Å². The Morgan fingerprint density at radius 2 is 2.11 bits per heavy atom. The molecule has 2 N–H and O–H groups in total. The number of nitrogens with one attached hydrogen (secondary N) is 1. The van der Waals surface area contributed by atoms with E-state index < -0.39 is 0 Å². The first-order valence-corrected chi connectivity index (χ1v) is 7.46. The van der Waals surface area contributed by atoms with Gasteiger partial charge < -0.3 is 10.4 Å². The zero-order chi connectivity index (χ0) is 13.7. The first-order chi connectivity index (χ1) is 8.96. The second kappa shape index (κ2) is 4.47. The van der Waals surface area contributed by atoms with E-state index in [9.17, 15) is 5.11 Å². The number of benzene rings is 1. The van der Waals surface area contributed by atoms with Crippen LogP contribution in [-0.4, -0.2) is 18.3 Å². The van der Waals surface area contributed by atoms with Crippen molar-refractivity contribution in [3.63, 3.8) is 0 Å². The van der Waals surface area contributed by atoms with Crippen LogP contribution < -0.4 is 5.32 Å². The summed E-state index contributed by atoms with van der Waals surface area (Å²) in [5.41, 5.74) is 3.10. The van der Waals surface area contributed by atoms with E-state index in [2.05, 4.69) is 31.3 Å². The number of fused-ring (bicyclic) bond motifs is 1. The maximum atomic E-state index is 9.44. The van der Waals surface area contributed by atoms with Crippen LogP contribution in [-0.2, 0) is 6.42 Å². The van der Waals surface area contributed by atoms with Crippen molar-refractivity contribution in [1.29, 1.82) is 0 Å². The lowest BCUT2D eigenvalue weighted by atomic mass is 9.85. The molecule has 0 bridgehead atoms. The minimum absolute atomic E-state index is 0.150. The van der Waals surface area contributed by atoms with Crippen molar-refractivity contribution in [2.75, 3.05) is 13.2 Å². The fraction of sp³-hybridized carbons (Fsp3) is 0.625. The molecule has 0 aliphatic heterocycles. The molecule has 0 saturated heterocycles. The van der Waals surface area contributed by atoms with Crippen molar-refractivity contribution >= 4 is 11.6 Å². The summed E-state index contributed by atoms with van der Waals surface area (Å²) in [6.07, 6.45) is 3.38. The third-order valence-corrected chi connectivity index (χ3v) is 5.06. The Labute approximate surface area is 120 Å². The molecule has 3 rings (SSSR count). The highest BCUT2D eigenvalue weighted by Crippen LogP contribution is 2.49. The number of aliphatic hydroxyl groups excluding tert-OH is 1. The second-order valence-corrected chi connectivity index (χ2v) is 7.42. The quantitative estimate of drug-likeness (QED) is 0.886. The van der Waals surface area contributed by atoms with Gasteiger partial charge in [0.05, 0.1) is 0 Å². The van der Waals surface area contributed by atoms with Gasteiger partial charge in [0.1, 0.15) is 0 Å². The molecule has 1 aromatic carbocycles. The van der Waals surface area contributed by atoms with Crippen LogP contribution >= 0.6 is 11.6 Å². The van der Waals surface area contributed by atoms with Crippen LogP contribution in [0.15, 0.2) is 18.2 Å². The fourth-order valence-corrected chi connectivity index (χ4v) is 3.46. The van der Waals surface area contributed by atoms with Gasteiger partial charge in [-0.2, -0.15) is 0 Å². The normalized spacial score (nSPS) is 26.2. The Hall–Kier alpha value is -0.570. The molecule has 104 valence electrons. The number of rotatable bonds is 4. The van der Waals surface area contributed by atoms with Crippen molar-refractivity contribution in [3.05, 3.63) is 34.3 Å². The molecule has 2 aliphatic carbocycles. The van der Waals surface area contributed by atoms with Gasteiger partial charge in [0.25, 0.3) is 0 Å². The largest absolute Gasteiger partial charge is 0.396 e. The SMILES string of the molecule is CC1(C)Cc2ccc(Cl)cc2C1NCC1(CO)CC1. The number of halogens is 1. The molecule has 1 atom stereocenters. The highest BCUT2D eigenvalue weighted by Gasteiger charge is 2.45. The minimum Gasteiger partial charge on any atom is -0.396 e. The maximum Gasteiger partial charge on any atom is 0.0499 e. The maximum absolute atomic E-state index is 9.44. The van der Waals surface area contributed by atoms with Crippen LogP contribution in [0.2, 0.25) is 5.02 Å². The molecular weight excluding hydrogens is 258 g/mol. The van der Waals surface area contributed by atoms with E-state index in [1.807, 2.05) is 6.07 Å². The van der Waals surface area contributed by atoms with Gasteiger partial charge in [0, 0.05) is 29.6 Å². The molecule has 1 unspecified atom stereocenters. The van der Waals surface area contributed by atoms with E-state index in [0.29, 0.717) is 12.6 Å². The average Bonchev–Trinajstić information content (AvgIpc) is 3.08. The van der Waals surface area contributed by atoms with Crippen LogP contribution in [0.5, 0.6) is 0 Å². The molecule has 0 aromatic heterocycles. The molecule has 19 heavy (non-hydrogen) atoms. The number of aliphatic hydroxyl groups is 1. The Morgan fingerprint density at radius 1 is 1.37 bits per heavy atom. The van der Waals surface area contributed by atoms with E-state index in [1.165, 1.54) is 11.1 Å². The molecule has 0 spiro atoms. The zero-order valence-corrected chi connectivity index (χ0v) is 12.4. The smallest absolute Gasteiger partial charge is 0.0499 e. The summed E-state index contributed by atoms with van der Waals surface area (Å²) in [5, 5.41) is 13.9. The lowest BCUT2D eigenvalue weighted by molar-refractivity contribution is 0.187. The molecule has 0 radical (unpaired) electrons. The molecular formula is C16H22ClNO. The van der Waals surface area contributed by atoms with Crippen LogP contribution in [0.1, 0.15) is 43.9 Å². The summed E-state index contributed by atoms with van der Waals surface area (Å²) in [6.45, 7) is 5.81. The summed E-state index contributed by atoms with van der Waals surface area (Å²) in [5.74, 6) is 0. The van der Waals surface area contributed by atoms with Crippen molar-refractivity contribution < 1.29 is 5.11 Å². The van der Waals surface area contributed by atoms with Gasteiger partial charge >= 0.3 is 0 Å². The van der Waals surface area contributed by atoms with Crippen molar-refractivity contribution in [1.82, 2.24) is 5.32 Å². The first-order valence-electron chi connectivity index (χ1n) is 7.08. The molecule has 1 fully saturated rings. The lowest BCUT2D eigenvalue weighted by Gasteiger charge is -2.30. The fourth-order valence-electron chi connectivity index (χ4n) is 3.28. The predicted octanol–water partition coefficient (Wildman–Crippen LogP) is 3.33. The summed E-state index contributed by atoms with van der Waals surface area (Å²) in [4.78, 5) is 0. The van der Waals surface area contributed by atoms with Crippen LogP contribution in [0, 0.1) is 10.8 Å². The molecule has 1 aromatic rings. The molecule has 1 saturated carbocycles. The van der Waals surface area contributed by atoms with Crippen molar-refractivity contribution in [2.24, 2.45) is 10.8 Å². The average molecular weight is 280 g/mol. The minimum atomic E-state index is 0.150. The van der Waals surface area contributed by atoms with Gasteiger partial charge in [-0.25, -0.2) is 0 Å². The predicted molar refractivity (Wildman–Crippen MR) is 78.4 cm³/mol. The Balaban J connectivity index is 1.81. The van der Waals surface area contributed by atoms with E-state index in [0.717, 1.165) is 30.8 Å².